The molecule has 1 aromatic carbocycles. The molecule has 134 valence electrons. The largest absolute Gasteiger partial charge is 0.489 e. The van der Waals surface area contributed by atoms with Gasteiger partial charge in [-0.2, -0.15) is 5.26 Å². The molecule has 0 aromatic heterocycles. The van der Waals surface area contributed by atoms with Crippen molar-refractivity contribution in [1.82, 2.24) is 0 Å². The van der Waals surface area contributed by atoms with E-state index in [0.29, 0.717) is 30.3 Å². The molecule has 0 fully saturated rings. The number of anilines is 2. The number of ether oxygens (including phenoxy) is 3. The van der Waals surface area contributed by atoms with E-state index in [1.165, 1.54) is 13.1 Å². The van der Waals surface area contributed by atoms with Crippen molar-refractivity contribution in [2.45, 2.75) is 13.8 Å². The van der Waals surface area contributed by atoms with Gasteiger partial charge in [-0.05, 0) is 19.1 Å². The number of hydrogen-bond acceptors (Lipinski definition) is 7. The third-order valence-electron chi connectivity index (χ3n) is 2.84. The second-order valence-corrected chi connectivity index (χ2v) is 4.77. The molecule has 25 heavy (non-hydrogen) atoms. The maximum Gasteiger partial charge on any atom is 0.350 e. The minimum absolute atomic E-state index is 0.158. The summed E-state index contributed by atoms with van der Waals surface area (Å²) in [6.07, 6.45) is 1.25. The van der Waals surface area contributed by atoms with Gasteiger partial charge in [-0.25, -0.2) is 4.79 Å². The first-order valence-electron chi connectivity index (χ1n) is 7.59. The van der Waals surface area contributed by atoms with Crippen LogP contribution in [0.1, 0.15) is 13.8 Å². The molecule has 0 spiro atoms. The van der Waals surface area contributed by atoms with E-state index in [4.69, 9.17) is 19.5 Å². The lowest BCUT2D eigenvalue weighted by molar-refractivity contribution is -0.138. The van der Waals surface area contributed by atoms with Crippen LogP contribution in [0.4, 0.5) is 11.4 Å². The zero-order valence-electron chi connectivity index (χ0n) is 14.4. The highest BCUT2D eigenvalue weighted by Crippen LogP contribution is 2.28. The van der Waals surface area contributed by atoms with Crippen LogP contribution < -0.4 is 15.4 Å². The summed E-state index contributed by atoms with van der Waals surface area (Å²) in [5.74, 6) is -0.504. The molecule has 0 aliphatic rings. The van der Waals surface area contributed by atoms with Gasteiger partial charge in [0.25, 0.3) is 0 Å². The third-order valence-corrected chi connectivity index (χ3v) is 2.84. The zero-order chi connectivity index (χ0) is 18.7. The van der Waals surface area contributed by atoms with Gasteiger partial charge in [-0.15, -0.1) is 0 Å². The van der Waals surface area contributed by atoms with Gasteiger partial charge >= 0.3 is 5.97 Å². The number of nitrogens with zero attached hydrogens (tertiary/aromatic N) is 1. The van der Waals surface area contributed by atoms with Crippen LogP contribution in [0.15, 0.2) is 30.0 Å². The predicted molar refractivity (Wildman–Crippen MR) is 92.1 cm³/mol. The lowest BCUT2D eigenvalue weighted by Gasteiger charge is -2.13. The maximum absolute atomic E-state index is 11.6. The summed E-state index contributed by atoms with van der Waals surface area (Å²) in [4.78, 5) is 22.8. The highest BCUT2D eigenvalue weighted by molar-refractivity contribution is 5.93. The Bertz CT molecular complexity index is 679. The van der Waals surface area contributed by atoms with Crippen molar-refractivity contribution < 1.29 is 23.8 Å². The summed E-state index contributed by atoms with van der Waals surface area (Å²) in [6.45, 7) is 3.92. The molecule has 0 heterocycles. The molecule has 0 saturated heterocycles. The van der Waals surface area contributed by atoms with Gasteiger partial charge in [0.15, 0.2) is 5.57 Å². The number of benzene rings is 1. The van der Waals surface area contributed by atoms with Crippen LogP contribution >= 0.6 is 0 Å². The van der Waals surface area contributed by atoms with Crippen molar-refractivity contribution in [3.05, 3.63) is 30.0 Å². The van der Waals surface area contributed by atoms with E-state index < -0.39 is 5.97 Å². The third kappa shape index (κ3) is 6.93. The second kappa shape index (κ2) is 10.7. The number of methoxy groups -OCH3 is 1. The Morgan fingerprint density at radius 3 is 2.68 bits per heavy atom. The molecular formula is C17H21N3O5. The Kier molecular flexibility index (Phi) is 8.54. The lowest BCUT2D eigenvalue weighted by Crippen LogP contribution is -2.11. The van der Waals surface area contributed by atoms with Gasteiger partial charge < -0.3 is 24.8 Å². The van der Waals surface area contributed by atoms with Gasteiger partial charge in [0.1, 0.15) is 18.4 Å². The van der Waals surface area contributed by atoms with Gasteiger partial charge in [0, 0.05) is 32.0 Å². The summed E-state index contributed by atoms with van der Waals surface area (Å²) in [5.41, 5.74) is 0.914. The summed E-state index contributed by atoms with van der Waals surface area (Å²) in [7, 11) is 1.56. The van der Waals surface area contributed by atoms with E-state index in [2.05, 4.69) is 10.6 Å². The van der Waals surface area contributed by atoms with E-state index in [1.807, 2.05) is 0 Å². The maximum atomic E-state index is 11.6. The monoisotopic (exact) mass is 347 g/mol. The van der Waals surface area contributed by atoms with Gasteiger partial charge in [-0.1, -0.05) is 0 Å². The number of nitriles is 1. The van der Waals surface area contributed by atoms with Gasteiger partial charge in [-0.3, -0.25) is 4.79 Å². The number of amides is 1. The van der Waals surface area contributed by atoms with Crippen LogP contribution in [0.2, 0.25) is 0 Å². The number of esters is 1. The van der Waals surface area contributed by atoms with Crippen molar-refractivity contribution in [2.24, 2.45) is 0 Å². The van der Waals surface area contributed by atoms with Gasteiger partial charge in [0.2, 0.25) is 5.91 Å². The zero-order valence-corrected chi connectivity index (χ0v) is 14.4. The summed E-state index contributed by atoms with van der Waals surface area (Å²) < 4.78 is 15.3. The molecule has 0 aliphatic heterocycles. The van der Waals surface area contributed by atoms with E-state index in [0.717, 1.165) is 0 Å². The number of carbonyl (C=O) groups is 2. The smallest absolute Gasteiger partial charge is 0.350 e. The van der Waals surface area contributed by atoms with E-state index >= 15 is 0 Å². The first-order chi connectivity index (χ1) is 12.0. The molecule has 0 saturated carbocycles. The Balaban J connectivity index is 2.96. The van der Waals surface area contributed by atoms with Crippen molar-refractivity contribution in [3.63, 3.8) is 0 Å². The quantitative estimate of drug-likeness (QED) is 0.304. The molecule has 0 atom stereocenters. The number of nitrogens with one attached hydrogen (secondary N) is 2. The number of carbonyl (C=O) groups excluding carboxylic acids is 2. The lowest BCUT2D eigenvalue weighted by atomic mass is 10.2. The first-order valence-corrected chi connectivity index (χ1v) is 7.59. The van der Waals surface area contributed by atoms with Crippen LogP contribution in [0.3, 0.4) is 0 Å². The summed E-state index contributed by atoms with van der Waals surface area (Å²) in [6, 6.07) is 6.73. The summed E-state index contributed by atoms with van der Waals surface area (Å²) >= 11 is 0. The fourth-order valence-electron chi connectivity index (χ4n) is 1.76. The average molecular weight is 347 g/mol. The molecule has 1 aromatic rings. The Hall–Kier alpha value is -3.05. The van der Waals surface area contributed by atoms with Crippen LogP contribution in [0, 0.1) is 11.3 Å². The van der Waals surface area contributed by atoms with Crippen LogP contribution in [0.5, 0.6) is 5.75 Å². The van der Waals surface area contributed by atoms with Crippen LogP contribution in [0.25, 0.3) is 0 Å². The standard InChI is InChI=1S/C17H21N3O5/c1-4-24-17(22)13(10-18)11-19-14-5-6-15(20-12(2)21)16(9-14)25-8-7-23-3/h5-6,9,11,19H,4,7-8H2,1-3H3,(H,20,21)/b13-11+. The van der Waals surface area contributed by atoms with Crippen molar-refractivity contribution in [1.29, 1.82) is 5.26 Å². The minimum atomic E-state index is -0.705. The molecule has 0 radical (unpaired) electrons. The van der Waals surface area contributed by atoms with E-state index in [-0.39, 0.29) is 18.1 Å². The van der Waals surface area contributed by atoms with Crippen molar-refractivity contribution in [3.8, 4) is 11.8 Å². The molecule has 1 rings (SSSR count). The number of hydrogen-bond donors (Lipinski definition) is 2. The molecule has 8 heteroatoms. The fraction of sp³-hybridized carbons (Fsp3) is 0.353. The predicted octanol–water partition coefficient (Wildman–Crippen LogP) is 2.05. The molecule has 2 N–H and O–H groups in total. The molecule has 0 unspecified atom stereocenters. The van der Waals surface area contributed by atoms with Crippen LogP contribution in [-0.4, -0.2) is 38.8 Å². The van der Waals surface area contributed by atoms with E-state index in [9.17, 15) is 9.59 Å². The highest BCUT2D eigenvalue weighted by Gasteiger charge is 2.10. The normalized spacial score (nSPS) is 10.6. The Labute approximate surface area is 146 Å². The van der Waals surface area contributed by atoms with Crippen molar-refractivity contribution in [2.75, 3.05) is 37.6 Å². The SMILES string of the molecule is CCOC(=O)/C(C#N)=C/Nc1ccc(NC(C)=O)c(OCCOC)c1. The molecule has 0 aliphatic carbocycles. The minimum Gasteiger partial charge on any atom is -0.489 e. The Morgan fingerprint density at radius 2 is 2.08 bits per heavy atom. The second-order valence-electron chi connectivity index (χ2n) is 4.77. The Morgan fingerprint density at radius 1 is 1.32 bits per heavy atom. The fourth-order valence-corrected chi connectivity index (χ4v) is 1.76. The van der Waals surface area contributed by atoms with E-state index in [1.54, 1.807) is 38.3 Å². The molecular weight excluding hydrogens is 326 g/mol. The first kappa shape index (κ1) is 20.0. The summed E-state index contributed by atoms with van der Waals surface area (Å²) in [5, 5.41) is 14.5. The molecule has 8 nitrogen and oxygen atoms in total. The topological polar surface area (TPSA) is 110 Å². The van der Waals surface area contributed by atoms with Crippen molar-refractivity contribution >= 4 is 23.3 Å². The molecule has 1 amide bonds. The van der Waals surface area contributed by atoms with Crippen LogP contribution in [-0.2, 0) is 19.1 Å². The molecule has 0 bridgehead atoms. The number of rotatable bonds is 9. The van der Waals surface area contributed by atoms with Gasteiger partial charge in [0.05, 0.1) is 18.9 Å². The highest BCUT2D eigenvalue weighted by atomic mass is 16.5. The average Bonchev–Trinajstić information content (AvgIpc) is 2.57.